The third-order valence-electron chi connectivity index (χ3n) is 3.71. The minimum Gasteiger partial charge on any atom is -0.357 e. The molecule has 0 fully saturated rings. The molecule has 9 heteroatoms. The van der Waals surface area contributed by atoms with Gasteiger partial charge in [-0.1, -0.05) is 12.1 Å². The molecule has 2 aromatic rings. The fraction of sp³-hybridized carbons (Fsp3) is 0.444. The Morgan fingerprint density at radius 3 is 2.33 bits per heavy atom. The van der Waals surface area contributed by atoms with Crippen LogP contribution in [-0.2, 0) is 19.1 Å². The lowest BCUT2D eigenvalue weighted by atomic mass is 10.1. The molecule has 0 aliphatic heterocycles. The van der Waals surface area contributed by atoms with Gasteiger partial charge in [0.2, 0.25) is 0 Å². The molecule has 2 rings (SSSR count). The van der Waals surface area contributed by atoms with Gasteiger partial charge in [0.25, 0.3) is 0 Å². The van der Waals surface area contributed by atoms with Crippen LogP contribution in [-0.4, -0.2) is 24.0 Å². The molecule has 0 spiro atoms. The molecule has 150 valence electrons. The van der Waals surface area contributed by atoms with Crippen molar-refractivity contribution in [3.63, 3.8) is 0 Å². The Bertz CT molecular complexity index is 742. The van der Waals surface area contributed by atoms with Crippen LogP contribution in [0.4, 0.5) is 13.2 Å². The molecule has 0 aliphatic carbocycles. The van der Waals surface area contributed by atoms with Crippen LogP contribution in [0.25, 0.3) is 0 Å². The number of nitrogens with zero attached hydrogens (tertiary/aromatic N) is 2. The molecule has 0 unspecified atom stereocenters. The summed E-state index contributed by atoms with van der Waals surface area (Å²) in [6.45, 7) is 7.78. The summed E-state index contributed by atoms with van der Waals surface area (Å²) in [5.41, 5.74) is 1.21. The number of alkyl halides is 3. The van der Waals surface area contributed by atoms with Gasteiger partial charge < -0.3 is 10.6 Å². The third-order valence-corrected chi connectivity index (χ3v) is 4.77. The van der Waals surface area contributed by atoms with Crippen molar-refractivity contribution in [2.24, 2.45) is 4.99 Å². The summed E-state index contributed by atoms with van der Waals surface area (Å²) in [6, 6.07) is 5.25. The number of hydrogen-bond acceptors (Lipinski definition) is 3. The van der Waals surface area contributed by atoms with E-state index in [4.69, 9.17) is 0 Å². The van der Waals surface area contributed by atoms with Crippen LogP contribution in [0, 0.1) is 13.8 Å². The maximum absolute atomic E-state index is 12.6. The number of nitrogens with one attached hydrogen (secondary N) is 2. The number of rotatable bonds is 6. The van der Waals surface area contributed by atoms with Crippen molar-refractivity contribution in [3.8, 4) is 0 Å². The van der Waals surface area contributed by atoms with Crippen LogP contribution in [0.3, 0.4) is 0 Å². The number of aryl methyl sites for hydroxylation is 2. The maximum Gasteiger partial charge on any atom is 0.416 e. The number of guanidine groups is 1. The number of aliphatic imine (C=N–C) groups is 1. The summed E-state index contributed by atoms with van der Waals surface area (Å²) in [7, 11) is 0. The predicted octanol–water partition coefficient (Wildman–Crippen LogP) is 4.69. The molecule has 0 amide bonds. The normalized spacial score (nSPS) is 11.9. The molecule has 0 radical (unpaired) electrons. The number of halogens is 4. The van der Waals surface area contributed by atoms with Crippen LogP contribution < -0.4 is 10.6 Å². The van der Waals surface area contributed by atoms with Gasteiger partial charge in [0.1, 0.15) is 0 Å². The molecule has 1 aromatic carbocycles. The molecular weight excluding hydrogens is 488 g/mol. The molecule has 1 heterocycles. The van der Waals surface area contributed by atoms with Crippen molar-refractivity contribution >= 4 is 41.3 Å². The second-order valence-corrected chi connectivity index (χ2v) is 7.10. The van der Waals surface area contributed by atoms with E-state index in [1.54, 1.807) is 11.3 Å². The number of aromatic nitrogens is 1. The van der Waals surface area contributed by atoms with Crippen molar-refractivity contribution in [2.75, 3.05) is 13.1 Å². The van der Waals surface area contributed by atoms with E-state index in [1.165, 1.54) is 12.1 Å². The fourth-order valence-electron chi connectivity index (χ4n) is 2.40. The lowest BCUT2D eigenvalue weighted by Crippen LogP contribution is -2.38. The fourth-order valence-corrected chi connectivity index (χ4v) is 3.26. The molecular formula is C18H24F3IN4S. The highest BCUT2D eigenvalue weighted by molar-refractivity contribution is 14.0. The van der Waals surface area contributed by atoms with E-state index in [9.17, 15) is 13.2 Å². The number of hydrogen-bond donors (Lipinski definition) is 2. The Balaban J connectivity index is 0.00000364. The Kier molecular flexibility index (Phi) is 9.51. The van der Waals surface area contributed by atoms with Crippen molar-refractivity contribution < 1.29 is 13.2 Å². The number of benzene rings is 1. The Labute approximate surface area is 178 Å². The minimum absolute atomic E-state index is 0. The van der Waals surface area contributed by atoms with Gasteiger partial charge in [0.15, 0.2) is 5.96 Å². The van der Waals surface area contributed by atoms with Gasteiger partial charge in [0, 0.05) is 18.0 Å². The van der Waals surface area contributed by atoms with Crippen molar-refractivity contribution in [1.82, 2.24) is 15.6 Å². The minimum atomic E-state index is -4.30. The highest BCUT2D eigenvalue weighted by atomic mass is 127. The molecule has 0 atom stereocenters. The predicted molar refractivity (Wildman–Crippen MR) is 115 cm³/mol. The van der Waals surface area contributed by atoms with Gasteiger partial charge in [-0.3, -0.25) is 0 Å². The van der Waals surface area contributed by atoms with Crippen LogP contribution in [0.2, 0.25) is 0 Å². The summed E-state index contributed by atoms with van der Waals surface area (Å²) in [4.78, 5) is 10.1. The van der Waals surface area contributed by atoms with Crippen LogP contribution in [0.5, 0.6) is 0 Å². The van der Waals surface area contributed by atoms with Crippen molar-refractivity contribution in [3.05, 3.63) is 51.0 Å². The molecule has 1 aromatic heterocycles. The molecule has 4 nitrogen and oxygen atoms in total. The van der Waals surface area contributed by atoms with E-state index in [0.29, 0.717) is 25.5 Å². The standard InChI is InChI=1S/C18H23F3N4S.HI/c1-4-22-17(24-11-16-12(2)25-13(3)26-16)23-10-9-14-5-7-15(8-6-14)18(19,20)21;/h5-8H,4,9-11H2,1-3H3,(H2,22,23,24);1H. The third kappa shape index (κ3) is 7.65. The molecule has 2 N–H and O–H groups in total. The topological polar surface area (TPSA) is 49.3 Å². The summed E-state index contributed by atoms with van der Waals surface area (Å²) < 4.78 is 37.7. The van der Waals surface area contributed by atoms with Gasteiger partial charge in [-0.15, -0.1) is 35.3 Å². The van der Waals surface area contributed by atoms with Crippen LogP contribution >= 0.6 is 35.3 Å². The van der Waals surface area contributed by atoms with E-state index < -0.39 is 11.7 Å². The first-order valence-electron chi connectivity index (χ1n) is 8.40. The lowest BCUT2D eigenvalue weighted by Gasteiger charge is -2.12. The van der Waals surface area contributed by atoms with E-state index >= 15 is 0 Å². The summed E-state index contributed by atoms with van der Waals surface area (Å²) in [6.07, 6.45) is -3.68. The first kappa shape index (κ1) is 23.7. The van der Waals surface area contributed by atoms with Gasteiger partial charge in [-0.05, 0) is 44.9 Å². The maximum atomic E-state index is 12.6. The largest absolute Gasteiger partial charge is 0.416 e. The zero-order chi connectivity index (χ0) is 19.2. The summed E-state index contributed by atoms with van der Waals surface area (Å²) in [5.74, 6) is 0.685. The van der Waals surface area contributed by atoms with Crippen molar-refractivity contribution in [1.29, 1.82) is 0 Å². The van der Waals surface area contributed by atoms with Crippen LogP contribution in [0.1, 0.15) is 33.6 Å². The first-order valence-corrected chi connectivity index (χ1v) is 9.22. The number of thiazole rings is 1. The van der Waals surface area contributed by atoms with E-state index in [0.717, 1.165) is 39.8 Å². The Morgan fingerprint density at radius 2 is 1.81 bits per heavy atom. The molecule has 27 heavy (non-hydrogen) atoms. The molecule has 0 bridgehead atoms. The van der Waals surface area contributed by atoms with Crippen LogP contribution in [0.15, 0.2) is 29.3 Å². The second kappa shape index (κ2) is 10.8. The highest BCUT2D eigenvalue weighted by Gasteiger charge is 2.29. The Morgan fingerprint density at radius 1 is 1.15 bits per heavy atom. The van der Waals surface area contributed by atoms with E-state index in [2.05, 4.69) is 20.6 Å². The van der Waals surface area contributed by atoms with Gasteiger partial charge in [-0.2, -0.15) is 13.2 Å². The second-order valence-electron chi connectivity index (χ2n) is 5.81. The molecule has 0 aliphatic rings. The zero-order valence-corrected chi connectivity index (χ0v) is 18.6. The van der Waals surface area contributed by atoms with E-state index in [1.807, 2.05) is 20.8 Å². The zero-order valence-electron chi connectivity index (χ0n) is 15.5. The van der Waals surface area contributed by atoms with Gasteiger partial charge in [0.05, 0.1) is 22.8 Å². The first-order chi connectivity index (χ1) is 12.3. The van der Waals surface area contributed by atoms with Crippen molar-refractivity contribution in [2.45, 2.75) is 39.9 Å². The van der Waals surface area contributed by atoms with E-state index in [-0.39, 0.29) is 24.0 Å². The Hall–Kier alpha value is -1.36. The quantitative estimate of drug-likeness (QED) is 0.336. The molecule has 0 saturated carbocycles. The van der Waals surface area contributed by atoms with Gasteiger partial charge in [-0.25, -0.2) is 9.98 Å². The lowest BCUT2D eigenvalue weighted by molar-refractivity contribution is -0.137. The highest BCUT2D eigenvalue weighted by Crippen LogP contribution is 2.29. The van der Waals surface area contributed by atoms with Gasteiger partial charge >= 0.3 is 6.18 Å². The average Bonchev–Trinajstić information content (AvgIpc) is 2.90. The molecule has 0 saturated heterocycles. The SMILES string of the molecule is CCNC(=NCc1sc(C)nc1C)NCCc1ccc(C(F)(F)F)cc1.I. The monoisotopic (exact) mass is 512 g/mol. The smallest absolute Gasteiger partial charge is 0.357 e. The average molecular weight is 512 g/mol. The summed E-state index contributed by atoms with van der Waals surface area (Å²) in [5, 5.41) is 7.40. The summed E-state index contributed by atoms with van der Waals surface area (Å²) >= 11 is 1.63.